The molecule has 0 aliphatic carbocycles. The lowest BCUT2D eigenvalue weighted by Gasteiger charge is -2.10. The standard InChI is InChI=1S/C12H14O3S/c1-16-8-7-12(14)15-9-11(13)10-5-3-2-4-6-10/h2-8,11,13H,9H2,1H3. The smallest absolute Gasteiger partial charge is 0.331 e. The summed E-state index contributed by atoms with van der Waals surface area (Å²) in [5.74, 6) is -0.440. The normalized spacial score (nSPS) is 12.6. The van der Waals surface area contributed by atoms with Crippen LogP contribution in [0.25, 0.3) is 0 Å². The predicted molar refractivity (Wildman–Crippen MR) is 65.0 cm³/mol. The number of hydrogen-bond acceptors (Lipinski definition) is 4. The first-order valence-corrected chi connectivity index (χ1v) is 6.12. The third kappa shape index (κ3) is 4.51. The van der Waals surface area contributed by atoms with Crippen molar-refractivity contribution < 1.29 is 14.6 Å². The largest absolute Gasteiger partial charge is 0.459 e. The molecule has 1 aromatic rings. The van der Waals surface area contributed by atoms with Crippen LogP contribution in [0.15, 0.2) is 41.8 Å². The molecule has 0 radical (unpaired) electrons. The Balaban J connectivity index is 2.39. The van der Waals surface area contributed by atoms with Crippen LogP contribution in [-0.2, 0) is 9.53 Å². The van der Waals surface area contributed by atoms with E-state index in [9.17, 15) is 9.90 Å². The van der Waals surface area contributed by atoms with E-state index in [1.807, 2.05) is 24.5 Å². The van der Waals surface area contributed by atoms with E-state index in [-0.39, 0.29) is 6.61 Å². The van der Waals surface area contributed by atoms with Crippen molar-refractivity contribution in [2.75, 3.05) is 12.9 Å². The van der Waals surface area contributed by atoms with E-state index < -0.39 is 12.1 Å². The summed E-state index contributed by atoms with van der Waals surface area (Å²) >= 11 is 1.42. The average molecular weight is 238 g/mol. The molecule has 1 N–H and O–H groups in total. The third-order valence-electron chi connectivity index (χ3n) is 1.91. The Bertz CT molecular complexity index is 349. The lowest BCUT2D eigenvalue weighted by atomic mass is 10.1. The minimum absolute atomic E-state index is 0.0262. The second-order valence-corrected chi connectivity index (χ2v) is 3.84. The number of carbonyl (C=O) groups excluding carboxylic acids is 1. The minimum Gasteiger partial charge on any atom is -0.459 e. The summed E-state index contributed by atoms with van der Waals surface area (Å²) in [6.45, 7) is -0.0262. The van der Waals surface area contributed by atoms with E-state index in [1.165, 1.54) is 17.8 Å². The molecule has 0 amide bonds. The van der Waals surface area contributed by atoms with E-state index in [0.29, 0.717) is 0 Å². The molecular weight excluding hydrogens is 224 g/mol. The van der Waals surface area contributed by atoms with Crippen LogP contribution in [-0.4, -0.2) is 23.9 Å². The van der Waals surface area contributed by atoms with E-state index >= 15 is 0 Å². The van der Waals surface area contributed by atoms with Gasteiger partial charge in [-0.2, -0.15) is 0 Å². The van der Waals surface area contributed by atoms with Gasteiger partial charge in [-0.3, -0.25) is 0 Å². The summed E-state index contributed by atoms with van der Waals surface area (Å²) < 4.78 is 4.87. The van der Waals surface area contributed by atoms with Crippen LogP contribution in [0.2, 0.25) is 0 Å². The first-order chi connectivity index (χ1) is 7.74. The molecule has 3 nitrogen and oxygen atoms in total. The highest BCUT2D eigenvalue weighted by molar-refractivity contribution is 8.01. The van der Waals surface area contributed by atoms with Crippen LogP contribution in [0.1, 0.15) is 11.7 Å². The summed E-state index contributed by atoms with van der Waals surface area (Å²) in [4.78, 5) is 11.1. The Morgan fingerprint density at radius 1 is 1.50 bits per heavy atom. The Morgan fingerprint density at radius 3 is 2.81 bits per heavy atom. The number of aliphatic hydroxyl groups excluding tert-OH is 1. The maximum Gasteiger partial charge on any atom is 0.331 e. The molecule has 0 spiro atoms. The van der Waals surface area contributed by atoms with Gasteiger partial charge in [-0.25, -0.2) is 4.79 Å². The monoisotopic (exact) mass is 238 g/mol. The van der Waals surface area contributed by atoms with Gasteiger partial charge in [0, 0.05) is 6.08 Å². The molecule has 1 atom stereocenters. The zero-order valence-electron chi connectivity index (χ0n) is 9.00. The van der Waals surface area contributed by atoms with Gasteiger partial charge in [-0.05, 0) is 17.2 Å². The van der Waals surface area contributed by atoms with E-state index in [2.05, 4.69) is 0 Å². The zero-order valence-corrected chi connectivity index (χ0v) is 9.81. The summed E-state index contributed by atoms with van der Waals surface area (Å²) in [6.07, 6.45) is 2.41. The maximum absolute atomic E-state index is 11.1. The molecule has 0 heterocycles. The van der Waals surface area contributed by atoms with Crippen LogP contribution in [0, 0.1) is 0 Å². The Morgan fingerprint density at radius 2 is 2.19 bits per heavy atom. The molecule has 0 aliphatic heterocycles. The fourth-order valence-corrected chi connectivity index (χ4v) is 1.35. The van der Waals surface area contributed by atoms with Crippen molar-refractivity contribution in [2.24, 2.45) is 0 Å². The van der Waals surface area contributed by atoms with E-state index in [1.54, 1.807) is 17.5 Å². The fraction of sp³-hybridized carbons (Fsp3) is 0.250. The molecule has 0 bridgehead atoms. The average Bonchev–Trinajstić information content (AvgIpc) is 2.34. The van der Waals surface area contributed by atoms with Crippen LogP contribution in [0.3, 0.4) is 0 Å². The lowest BCUT2D eigenvalue weighted by molar-refractivity contribution is -0.140. The molecule has 0 aliphatic rings. The zero-order chi connectivity index (χ0) is 11.8. The molecule has 16 heavy (non-hydrogen) atoms. The van der Waals surface area contributed by atoms with Crippen LogP contribution >= 0.6 is 11.8 Å². The van der Waals surface area contributed by atoms with Gasteiger partial charge in [-0.15, -0.1) is 11.8 Å². The molecule has 4 heteroatoms. The number of ether oxygens (including phenoxy) is 1. The number of aliphatic hydroxyl groups is 1. The summed E-state index contributed by atoms with van der Waals surface area (Å²) in [7, 11) is 0. The Hall–Kier alpha value is -1.26. The molecule has 1 aromatic carbocycles. The summed E-state index contributed by atoms with van der Waals surface area (Å²) in [5.41, 5.74) is 0.740. The number of benzene rings is 1. The molecule has 0 saturated carbocycles. The third-order valence-corrected chi connectivity index (χ3v) is 2.32. The maximum atomic E-state index is 11.1. The van der Waals surface area contributed by atoms with Gasteiger partial charge in [0.2, 0.25) is 0 Å². The molecule has 86 valence electrons. The molecule has 0 aromatic heterocycles. The van der Waals surface area contributed by atoms with Crippen molar-refractivity contribution >= 4 is 17.7 Å². The summed E-state index contributed by atoms with van der Waals surface area (Å²) in [5, 5.41) is 11.3. The number of esters is 1. The Labute approximate surface area is 99.1 Å². The first-order valence-electron chi connectivity index (χ1n) is 4.83. The minimum atomic E-state index is -0.771. The highest BCUT2D eigenvalue weighted by Crippen LogP contribution is 2.12. The van der Waals surface area contributed by atoms with Crippen molar-refractivity contribution in [2.45, 2.75) is 6.10 Å². The van der Waals surface area contributed by atoms with Gasteiger partial charge in [0.15, 0.2) is 0 Å². The summed E-state index contributed by atoms with van der Waals surface area (Å²) in [6, 6.07) is 9.10. The number of thioether (sulfide) groups is 1. The first kappa shape index (κ1) is 12.8. The molecular formula is C12H14O3S. The van der Waals surface area contributed by atoms with Gasteiger partial charge >= 0.3 is 5.97 Å². The van der Waals surface area contributed by atoms with Crippen LogP contribution in [0.5, 0.6) is 0 Å². The van der Waals surface area contributed by atoms with Gasteiger partial charge in [0.05, 0.1) is 0 Å². The number of rotatable bonds is 5. The van der Waals surface area contributed by atoms with E-state index in [4.69, 9.17) is 4.74 Å². The van der Waals surface area contributed by atoms with Gasteiger partial charge in [0.25, 0.3) is 0 Å². The predicted octanol–water partition coefficient (Wildman–Crippen LogP) is 2.14. The highest BCUT2D eigenvalue weighted by atomic mass is 32.2. The quantitative estimate of drug-likeness (QED) is 0.630. The number of carbonyl (C=O) groups is 1. The molecule has 1 unspecified atom stereocenters. The van der Waals surface area contributed by atoms with Crippen molar-refractivity contribution in [1.82, 2.24) is 0 Å². The second-order valence-electron chi connectivity index (χ2n) is 3.09. The van der Waals surface area contributed by atoms with Crippen molar-refractivity contribution in [3.8, 4) is 0 Å². The SMILES string of the molecule is CSC=CC(=O)OCC(O)c1ccccc1. The Kier molecular flexibility index (Phi) is 5.67. The van der Waals surface area contributed by atoms with Gasteiger partial charge < -0.3 is 9.84 Å². The fourth-order valence-electron chi connectivity index (χ4n) is 1.10. The molecule has 1 rings (SSSR count). The second kappa shape index (κ2) is 7.09. The van der Waals surface area contributed by atoms with Crippen molar-refractivity contribution in [3.05, 3.63) is 47.4 Å². The van der Waals surface area contributed by atoms with Gasteiger partial charge in [0.1, 0.15) is 12.7 Å². The van der Waals surface area contributed by atoms with Crippen LogP contribution < -0.4 is 0 Å². The topological polar surface area (TPSA) is 46.5 Å². The molecule has 0 fully saturated rings. The van der Waals surface area contributed by atoms with Crippen molar-refractivity contribution in [3.63, 3.8) is 0 Å². The lowest BCUT2D eigenvalue weighted by Crippen LogP contribution is -2.10. The van der Waals surface area contributed by atoms with Crippen LogP contribution in [0.4, 0.5) is 0 Å². The van der Waals surface area contributed by atoms with E-state index in [0.717, 1.165) is 5.56 Å². The van der Waals surface area contributed by atoms with Gasteiger partial charge in [-0.1, -0.05) is 30.3 Å². The molecule has 0 saturated heterocycles. The highest BCUT2D eigenvalue weighted by Gasteiger charge is 2.08. The number of hydrogen-bond donors (Lipinski definition) is 1. The van der Waals surface area contributed by atoms with Crippen molar-refractivity contribution in [1.29, 1.82) is 0 Å².